The van der Waals surface area contributed by atoms with Gasteiger partial charge in [0.25, 0.3) is 0 Å². The lowest BCUT2D eigenvalue weighted by atomic mass is 9.99. The second kappa shape index (κ2) is 12.3. The van der Waals surface area contributed by atoms with Crippen LogP contribution in [0.25, 0.3) is 111 Å². The van der Waals surface area contributed by atoms with Gasteiger partial charge in [-0.3, -0.25) is 4.57 Å². The first-order chi connectivity index (χ1) is 33.6. The lowest BCUT2D eigenvalue weighted by Gasteiger charge is -2.17. The van der Waals surface area contributed by atoms with Crippen molar-refractivity contribution in [3.63, 3.8) is 0 Å². The highest BCUT2D eigenvalue weighted by Gasteiger charge is 2.23. The summed E-state index contributed by atoms with van der Waals surface area (Å²) in [6.45, 7) is 0. The van der Waals surface area contributed by atoms with E-state index in [1.54, 1.807) is 47.0 Å². The van der Waals surface area contributed by atoms with Crippen molar-refractivity contribution in [2.24, 2.45) is 0 Å². The Balaban J connectivity index is 1.26. The van der Waals surface area contributed by atoms with Gasteiger partial charge in [0.1, 0.15) is 11.2 Å². The standard InChI is InChI=1S/C51H31N5O/c1-2-15-32(16-3-1)49-52-50(54-51(53-49)56-44-26-11-6-19-37(44)38-20-7-12-27-45(38)56)41-30-29-33(34-22-14-23-40-39-21-8-13-28-47(39)57-48(34)40)31-46(41)55-42-24-9-4-17-35(42)36-18-5-10-25-43(36)55/h1-31H/i4D,5D,6D,7D,11D,17D,18D,19D,20D,24D,25D,26D,27D. The topological polar surface area (TPSA) is 61.7 Å². The number of benzene rings is 8. The molecule has 0 saturated carbocycles. The van der Waals surface area contributed by atoms with Crippen LogP contribution < -0.4 is 0 Å². The van der Waals surface area contributed by atoms with E-state index >= 15 is 0 Å². The Morgan fingerprint density at radius 1 is 0.421 bits per heavy atom. The molecule has 0 radical (unpaired) electrons. The molecule has 12 aromatic rings. The quantitative estimate of drug-likeness (QED) is 0.176. The Labute approximate surface area is 344 Å². The number of para-hydroxylation sites is 6. The van der Waals surface area contributed by atoms with Crippen LogP contribution in [0.1, 0.15) is 17.8 Å². The molecule has 0 aliphatic heterocycles. The van der Waals surface area contributed by atoms with Crippen LogP contribution in [-0.4, -0.2) is 24.1 Å². The lowest BCUT2D eigenvalue weighted by Crippen LogP contribution is -2.08. The minimum absolute atomic E-state index is 0.0273. The zero-order valence-electron chi connectivity index (χ0n) is 42.5. The van der Waals surface area contributed by atoms with Crippen LogP contribution in [-0.2, 0) is 0 Å². The molecule has 0 N–H and O–H groups in total. The molecule has 6 nitrogen and oxygen atoms in total. The molecule has 4 heterocycles. The van der Waals surface area contributed by atoms with Crippen molar-refractivity contribution in [2.45, 2.75) is 0 Å². The molecule has 0 aliphatic rings. The van der Waals surface area contributed by atoms with Crippen molar-refractivity contribution in [3.05, 3.63) is 188 Å². The van der Waals surface area contributed by atoms with Gasteiger partial charge in [0.05, 0.1) is 45.6 Å². The van der Waals surface area contributed by atoms with Crippen LogP contribution in [0.3, 0.4) is 0 Å². The van der Waals surface area contributed by atoms with Gasteiger partial charge in [-0.25, -0.2) is 4.98 Å². The van der Waals surface area contributed by atoms with Crippen molar-refractivity contribution < 1.29 is 22.2 Å². The van der Waals surface area contributed by atoms with Crippen molar-refractivity contribution in [1.29, 1.82) is 0 Å². The molecule has 0 aliphatic carbocycles. The Kier molecular flexibility index (Phi) is 4.62. The van der Waals surface area contributed by atoms with Gasteiger partial charge in [0.2, 0.25) is 5.95 Å². The summed E-state index contributed by atoms with van der Waals surface area (Å²) in [7, 11) is 0. The summed E-state index contributed by atoms with van der Waals surface area (Å²) in [6, 6.07) is 26.5. The fourth-order valence-corrected chi connectivity index (χ4v) is 7.77. The highest BCUT2D eigenvalue weighted by Crippen LogP contribution is 2.41. The summed E-state index contributed by atoms with van der Waals surface area (Å²) in [6.07, 6.45) is 0. The second-order valence-corrected chi connectivity index (χ2v) is 13.4. The smallest absolute Gasteiger partial charge is 0.238 e. The molecule has 0 atom stereocenters. The fourth-order valence-electron chi connectivity index (χ4n) is 7.77. The Morgan fingerprint density at radius 3 is 1.79 bits per heavy atom. The number of furan rings is 1. The molecule has 0 saturated heterocycles. The molecule has 0 bridgehead atoms. The second-order valence-electron chi connectivity index (χ2n) is 13.4. The maximum Gasteiger partial charge on any atom is 0.238 e. The third-order valence-corrected chi connectivity index (χ3v) is 10.3. The summed E-state index contributed by atoms with van der Waals surface area (Å²) in [4.78, 5) is 15.0. The third-order valence-electron chi connectivity index (χ3n) is 10.3. The number of hydrogen-bond donors (Lipinski definition) is 0. The van der Waals surface area contributed by atoms with Gasteiger partial charge in [-0.1, -0.05) is 145 Å². The number of fused-ring (bicyclic) bond motifs is 9. The lowest BCUT2D eigenvalue weighted by molar-refractivity contribution is 0.670. The van der Waals surface area contributed by atoms with Gasteiger partial charge in [0, 0.05) is 49.0 Å². The highest BCUT2D eigenvalue weighted by atomic mass is 16.3. The van der Waals surface area contributed by atoms with E-state index in [1.807, 2.05) is 48.5 Å². The van der Waals surface area contributed by atoms with E-state index in [1.165, 1.54) is 16.7 Å². The highest BCUT2D eigenvalue weighted by molar-refractivity contribution is 6.12. The van der Waals surface area contributed by atoms with Crippen LogP contribution in [0, 0.1) is 0 Å². The monoisotopic (exact) mass is 742 g/mol. The zero-order valence-corrected chi connectivity index (χ0v) is 29.5. The predicted molar refractivity (Wildman–Crippen MR) is 232 cm³/mol. The first kappa shape index (κ1) is 21.3. The van der Waals surface area contributed by atoms with Crippen molar-refractivity contribution in [3.8, 4) is 45.5 Å². The average molecular weight is 743 g/mol. The Hall–Kier alpha value is -7.83. The molecular weight excluding hydrogens is 699 g/mol. The zero-order chi connectivity index (χ0) is 48.8. The van der Waals surface area contributed by atoms with E-state index in [2.05, 4.69) is 0 Å². The van der Waals surface area contributed by atoms with E-state index in [0.717, 1.165) is 16.8 Å². The summed E-state index contributed by atoms with van der Waals surface area (Å²) >= 11 is 0. The summed E-state index contributed by atoms with van der Waals surface area (Å²) < 4.78 is 126. The van der Waals surface area contributed by atoms with Crippen LogP contribution in [0.2, 0.25) is 0 Å². The number of rotatable bonds is 5. The first-order valence-electron chi connectivity index (χ1n) is 24.5. The third kappa shape index (κ3) is 4.81. The normalized spacial score (nSPS) is 15.1. The van der Waals surface area contributed by atoms with Gasteiger partial charge in [-0.15, -0.1) is 0 Å². The van der Waals surface area contributed by atoms with Gasteiger partial charge >= 0.3 is 0 Å². The molecule has 0 unspecified atom stereocenters. The van der Waals surface area contributed by atoms with E-state index in [-0.39, 0.29) is 127 Å². The number of hydrogen-bond acceptors (Lipinski definition) is 4. The van der Waals surface area contributed by atoms with E-state index in [9.17, 15) is 5.48 Å². The molecule has 57 heavy (non-hydrogen) atoms. The minimum Gasteiger partial charge on any atom is -0.455 e. The van der Waals surface area contributed by atoms with Crippen LogP contribution >= 0.6 is 0 Å². The molecule has 266 valence electrons. The van der Waals surface area contributed by atoms with Crippen LogP contribution in [0.4, 0.5) is 0 Å². The van der Waals surface area contributed by atoms with Gasteiger partial charge in [0.15, 0.2) is 11.6 Å². The van der Waals surface area contributed by atoms with Gasteiger partial charge < -0.3 is 8.98 Å². The van der Waals surface area contributed by atoms with Gasteiger partial charge in [-0.2, -0.15) is 9.97 Å². The van der Waals surface area contributed by atoms with Gasteiger partial charge in [-0.05, 0) is 47.9 Å². The van der Waals surface area contributed by atoms with Crippen LogP contribution in [0.15, 0.2) is 192 Å². The Bertz CT molecular complexity index is 4230. The van der Waals surface area contributed by atoms with Crippen molar-refractivity contribution >= 4 is 65.6 Å². The SMILES string of the molecule is [2H]c1cc([2H])c2c(c1[2H])c1c([2H])c([2H])c([2H])c([2H])c1n2-c1nc(-c2ccccc2)nc(-c2ccc(-c3cccc4c3oc3ccccc34)cc2-n2c3c([2H])cc([2H])c([2H])c3c3c([2H])c([2H])cc([2H])c32)n1. The predicted octanol–water partition coefficient (Wildman–Crippen LogP) is 13.0. The summed E-state index contributed by atoms with van der Waals surface area (Å²) in [5.74, 6) is -0.138. The van der Waals surface area contributed by atoms with E-state index in [0.29, 0.717) is 27.9 Å². The summed E-state index contributed by atoms with van der Waals surface area (Å²) in [5, 5.41) is 1.63. The first-order valence-corrected chi connectivity index (χ1v) is 18.0. The molecule has 0 fully saturated rings. The van der Waals surface area contributed by atoms with Crippen molar-refractivity contribution in [2.75, 3.05) is 0 Å². The molecule has 12 rings (SSSR count). The maximum absolute atomic E-state index is 9.37. The van der Waals surface area contributed by atoms with E-state index in [4.69, 9.17) is 31.7 Å². The number of nitrogens with zero attached hydrogens (tertiary/aromatic N) is 5. The van der Waals surface area contributed by atoms with E-state index < -0.39 is 24.2 Å². The molecular formula is C51H31N5O. The molecule has 8 aromatic carbocycles. The van der Waals surface area contributed by atoms with Crippen LogP contribution in [0.5, 0.6) is 0 Å². The maximum atomic E-state index is 9.37. The molecule has 4 aromatic heterocycles. The largest absolute Gasteiger partial charge is 0.455 e. The number of aromatic nitrogens is 5. The fraction of sp³-hybridized carbons (Fsp3) is 0. The minimum atomic E-state index is -0.585. The molecule has 0 spiro atoms. The Morgan fingerprint density at radius 2 is 1.04 bits per heavy atom. The average Bonchev–Trinajstić information content (AvgIpc) is 4.05. The van der Waals surface area contributed by atoms with Crippen molar-refractivity contribution in [1.82, 2.24) is 24.1 Å². The summed E-state index contributed by atoms with van der Waals surface area (Å²) in [5.41, 5.74) is 3.50. The molecule has 6 heteroatoms. The molecule has 0 amide bonds.